The van der Waals surface area contributed by atoms with Crippen molar-refractivity contribution in [3.05, 3.63) is 0 Å². The Morgan fingerprint density at radius 3 is 0.594 bits per heavy atom. The van der Waals surface area contributed by atoms with Gasteiger partial charge < -0.3 is 59.4 Å². The Hall–Kier alpha value is 1.57. The fourth-order valence-electron chi connectivity index (χ4n) is 0.820. The van der Waals surface area contributed by atoms with Crippen LogP contribution < -0.4 is 30.6 Å². The standard InChI is InChI=1S/3C4H6O4S2.2Gd/c3*5-2(6)1-4(9,10)3(7)8;;/h3*9-10H,1H2,(H,5,6)(H,7,8);;/q;;;2*+3/p-6. The van der Waals surface area contributed by atoms with Crippen LogP contribution in [0.2, 0.25) is 0 Å². The van der Waals surface area contributed by atoms with Gasteiger partial charge in [0.15, 0.2) is 0 Å². The third-order valence-electron chi connectivity index (χ3n) is 2.15. The summed E-state index contributed by atoms with van der Waals surface area (Å²) in [5.74, 6) is -9.55. The molecule has 0 spiro atoms. The summed E-state index contributed by atoms with van der Waals surface area (Å²) in [5, 5.41) is 59.5. The minimum absolute atomic E-state index is 0. The second-order valence-electron chi connectivity index (χ2n) is 4.96. The summed E-state index contributed by atoms with van der Waals surface area (Å²) >= 11 is 20.4. The van der Waals surface area contributed by atoms with Gasteiger partial charge in [-0.25, -0.2) is 0 Å². The van der Waals surface area contributed by atoms with Crippen LogP contribution in [0.25, 0.3) is 0 Å². The molecule has 0 aliphatic rings. The van der Waals surface area contributed by atoms with E-state index in [2.05, 4.69) is 75.8 Å². The van der Waals surface area contributed by atoms with Crippen LogP contribution in [0.5, 0.6) is 0 Å². The molecule has 2 radical (unpaired) electrons. The Labute approximate surface area is 278 Å². The summed E-state index contributed by atoms with van der Waals surface area (Å²) in [6.45, 7) is 0. The van der Waals surface area contributed by atoms with Gasteiger partial charge in [-0.15, -0.1) is 0 Å². The molecule has 0 amide bonds. The molecular weight excluding hydrogens is 843 g/mol. The zero-order valence-electron chi connectivity index (χ0n) is 14.9. The fraction of sp³-hybridized carbons (Fsp3) is 0.500. The molecule has 20 heteroatoms. The maximum atomic E-state index is 10.0. The molecule has 0 bridgehead atoms. The minimum atomic E-state index is -1.95. The first kappa shape index (κ1) is 43.6. The van der Waals surface area contributed by atoms with Crippen LogP contribution >= 0.6 is 75.8 Å². The predicted octanol–water partition coefficient (Wildman–Crippen LogP) is -7.70. The van der Waals surface area contributed by atoms with Crippen LogP contribution in [0, 0.1) is 79.9 Å². The monoisotopic (exact) mass is 856 g/mol. The van der Waals surface area contributed by atoms with Gasteiger partial charge in [0.05, 0.1) is 30.1 Å². The topological polar surface area (TPSA) is 241 Å². The van der Waals surface area contributed by atoms with Crippen molar-refractivity contribution >= 4 is 112 Å². The number of carboxylic acid groups (broad SMARTS) is 6. The average Bonchev–Trinajstić information content (AvgIpc) is 2.43. The molecular formula is C12H12Gd2O12S6. The fourth-order valence-corrected chi connectivity index (χ4v) is 1.59. The van der Waals surface area contributed by atoms with E-state index in [9.17, 15) is 59.4 Å². The predicted molar refractivity (Wildman–Crippen MR) is 106 cm³/mol. The summed E-state index contributed by atoms with van der Waals surface area (Å²) in [5.41, 5.74) is 0. The molecule has 12 nitrogen and oxygen atoms in total. The van der Waals surface area contributed by atoms with Crippen molar-refractivity contribution in [3.8, 4) is 0 Å². The van der Waals surface area contributed by atoms with Gasteiger partial charge in [-0.1, -0.05) is 0 Å². The molecule has 0 aromatic rings. The van der Waals surface area contributed by atoms with E-state index in [0.717, 1.165) is 0 Å². The van der Waals surface area contributed by atoms with E-state index < -0.39 is 67.3 Å². The molecule has 0 saturated heterocycles. The van der Waals surface area contributed by atoms with Gasteiger partial charge in [0.25, 0.3) is 0 Å². The Morgan fingerprint density at radius 1 is 0.438 bits per heavy atom. The molecule has 0 aliphatic heterocycles. The maximum absolute atomic E-state index is 10.0. The van der Waals surface area contributed by atoms with Crippen LogP contribution in [0.3, 0.4) is 0 Å². The first-order valence-electron chi connectivity index (χ1n) is 6.66. The Morgan fingerprint density at radius 2 is 0.562 bits per heavy atom. The smallest absolute Gasteiger partial charge is 0.550 e. The van der Waals surface area contributed by atoms with Crippen molar-refractivity contribution < 1.29 is 139 Å². The first-order valence-corrected chi connectivity index (χ1v) is 9.35. The Kier molecular flexibility index (Phi) is 26.9. The van der Waals surface area contributed by atoms with E-state index in [0.29, 0.717) is 0 Å². The molecule has 0 rings (SSSR count). The zero-order chi connectivity index (χ0) is 25.1. The van der Waals surface area contributed by atoms with Gasteiger partial charge in [0.1, 0.15) is 0 Å². The number of carbonyl (C=O) groups is 6. The SMILES string of the molecule is O=C([O-])CC(S)(S)C(=O)[O-].O=C([O-])CC(S)(S)C(=O)[O-].O=C([O-])CC(S)(S)C(=O)[O-].[Gd+3].[Gd+3]. The second-order valence-corrected chi connectivity index (χ2v) is 10.6. The second kappa shape index (κ2) is 19.7. The maximum Gasteiger partial charge on any atom is 3.00 e. The van der Waals surface area contributed by atoms with Crippen LogP contribution in [0.1, 0.15) is 19.3 Å². The van der Waals surface area contributed by atoms with Crippen LogP contribution in [0.15, 0.2) is 0 Å². The van der Waals surface area contributed by atoms with E-state index in [-0.39, 0.29) is 79.9 Å². The Balaban J connectivity index is -0.000000110. The molecule has 0 aliphatic carbocycles. The molecule has 0 saturated carbocycles. The van der Waals surface area contributed by atoms with E-state index in [1.54, 1.807) is 0 Å². The molecule has 184 valence electrons. The minimum Gasteiger partial charge on any atom is -0.550 e. The number of hydrogen-bond donors (Lipinski definition) is 6. The number of thiol groups is 6. The summed E-state index contributed by atoms with van der Waals surface area (Å²) < 4.78 is -5.84. The summed E-state index contributed by atoms with van der Waals surface area (Å²) in [7, 11) is 0. The van der Waals surface area contributed by atoms with Crippen molar-refractivity contribution in [1.82, 2.24) is 0 Å². The van der Waals surface area contributed by atoms with E-state index in [4.69, 9.17) is 0 Å². The molecule has 0 aromatic heterocycles. The van der Waals surface area contributed by atoms with Crippen molar-refractivity contribution in [2.45, 2.75) is 31.5 Å². The van der Waals surface area contributed by atoms with Crippen molar-refractivity contribution in [1.29, 1.82) is 0 Å². The average molecular weight is 855 g/mol. The normalized spacial score (nSPS) is 10.3. The van der Waals surface area contributed by atoms with Gasteiger partial charge in [-0.05, 0) is 0 Å². The largest absolute Gasteiger partial charge is 3.00 e. The van der Waals surface area contributed by atoms with Crippen LogP contribution in [0.4, 0.5) is 0 Å². The zero-order valence-corrected chi connectivity index (χ0v) is 24.8. The number of rotatable bonds is 9. The van der Waals surface area contributed by atoms with Gasteiger partial charge in [-0.3, -0.25) is 0 Å². The summed E-state index contributed by atoms with van der Waals surface area (Å²) in [6, 6.07) is 0. The summed E-state index contributed by atoms with van der Waals surface area (Å²) in [6.07, 6.45) is -2.37. The Bertz CT molecular complexity index is 595. The number of carboxylic acids is 6. The van der Waals surface area contributed by atoms with E-state index in [1.165, 1.54) is 0 Å². The first-order chi connectivity index (χ1) is 13.1. The van der Waals surface area contributed by atoms with Gasteiger partial charge >= 0.3 is 79.9 Å². The molecule has 0 fully saturated rings. The summed E-state index contributed by atoms with van der Waals surface area (Å²) in [4.78, 5) is 59.5. The van der Waals surface area contributed by atoms with E-state index >= 15 is 0 Å². The third kappa shape index (κ3) is 24.7. The molecule has 0 N–H and O–H groups in total. The number of carbonyl (C=O) groups excluding carboxylic acids is 6. The van der Waals surface area contributed by atoms with Crippen molar-refractivity contribution in [3.63, 3.8) is 0 Å². The molecule has 0 aromatic carbocycles. The van der Waals surface area contributed by atoms with Crippen LogP contribution in [-0.4, -0.2) is 48.1 Å². The van der Waals surface area contributed by atoms with Crippen molar-refractivity contribution in [2.24, 2.45) is 0 Å². The van der Waals surface area contributed by atoms with Crippen LogP contribution in [-0.2, 0) is 28.8 Å². The van der Waals surface area contributed by atoms with Gasteiger partial charge in [0.2, 0.25) is 0 Å². The van der Waals surface area contributed by atoms with Crippen molar-refractivity contribution in [2.75, 3.05) is 0 Å². The quantitative estimate of drug-likeness (QED) is 0.0937. The molecule has 0 heterocycles. The molecule has 32 heavy (non-hydrogen) atoms. The van der Waals surface area contributed by atoms with E-state index in [1.807, 2.05) is 0 Å². The number of aliphatic carboxylic acids is 6. The number of hydrogen-bond acceptors (Lipinski definition) is 18. The molecule has 0 unspecified atom stereocenters. The molecule has 0 atom stereocenters. The van der Waals surface area contributed by atoms with Gasteiger partial charge in [0, 0.05) is 37.2 Å². The van der Waals surface area contributed by atoms with Gasteiger partial charge in [-0.2, -0.15) is 75.8 Å². The third-order valence-corrected chi connectivity index (χ3v) is 4.20.